The SMILES string of the molecule is Cc1c(Cl)cccc1-c1ccc(CNC2CC2)o1.Cl. The maximum Gasteiger partial charge on any atom is 0.134 e. The van der Waals surface area contributed by atoms with Crippen LogP contribution in [0.5, 0.6) is 0 Å². The van der Waals surface area contributed by atoms with Crippen LogP contribution in [-0.2, 0) is 6.54 Å². The van der Waals surface area contributed by atoms with Crippen LogP contribution in [-0.4, -0.2) is 6.04 Å². The minimum Gasteiger partial charge on any atom is -0.460 e. The van der Waals surface area contributed by atoms with Crippen molar-refractivity contribution in [2.75, 3.05) is 0 Å². The number of halogens is 2. The van der Waals surface area contributed by atoms with Crippen molar-refractivity contribution in [2.45, 2.75) is 32.4 Å². The molecule has 0 saturated heterocycles. The van der Waals surface area contributed by atoms with Crippen molar-refractivity contribution in [2.24, 2.45) is 0 Å². The Morgan fingerprint density at radius 3 is 2.79 bits per heavy atom. The highest BCUT2D eigenvalue weighted by Gasteiger charge is 2.20. The lowest BCUT2D eigenvalue weighted by atomic mass is 10.1. The molecule has 0 amide bonds. The van der Waals surface area contributed by atoms with E-state index in [1.54, 1.807) is 0 Å². The van der Waals surface area contributed by atoms with Crippen LogP contribution in [0.25, 0.3) is 11.3 Å². The molecule has 0 spiro atoms. The smallest absolute Gasteiger partial charge is 0.134 e. The molecule has 1 aliphatic rings. The van der Waals surface area contributed by atoms with E-state index in [4.69, 9.17) is 16.0 Å². The van der Waals surface area contributed by atoms with Crippen LogP contribution >= 0.6 is 24.0 Å². The van der Waals surface area contributed by atoms with Crippen molar-refractivity contribution >= 4 is 24.0 Å². The van der Waals surface area contributed by atoms with E-state index in [0.29, 0.717) is 6.04 Å². The third kappa shape index (κ3) is 3.33. The highest BCUT2D eigenvalue weighted by molar-refractivity contribution is 6.31. The minimum atomic E-state index is 0. The molecule has 1 aliphatic carbocycles. The molecule has 2 nitrogen and oxygen atoms in total. The van der Waals surface area contributed by atoms with E-state index in [1.807, 2.05) is 37.3 Å². The molecule has 102 valence electrons. The van der Waals surface area contributed by atoms with Gasteiger partial charge in [-0.2, -0.15) is 0 Å². The summed E-state index contributed by atoms with van der Waals surface area (Å²) in [5, 5.41) is 4.22. The summed E-state index contributed by atoms with van der Waals surface area (Å²) in [4.78, 5) is 0. The van der Waals surface area contributed by atoms with Gasteiger partial charge >= 0.3 is 0 Å². The van der Waals surface area contributed by atoms with Crippen molar-refractivity contribution in [3.05, 3.63) is 46.7 Å². The average molecular weight is 298 g/mol. The van der Waals surface area contributed by atoms with E-state index in [0.717, 1.165) is 34.2 Å². The first-order chi connectivity index (χ1) is 8.74. The Hall–Kier alpha value is -0.960. The summed E-state index contributed by atoms with van der Waals surface area (Å²) in [6.07, 6.45) is 2.59. The van der Waals surface area contributed by atoms with E-state index in [1.165, 1.54) is 12.8 Å². The highest BCUT2D eigenvalue weighted by atomic mass is 35.5. The zero-order valence-corrected chi connectivity index (χ0v) is 12.4. The van der Waals surface area contributed by atoms with E-state index in [-0.39, 0.29) is 12.4 Å². The van der Waals surface area contributed by atoms with E-state index in [9.17, 15) is 0 Å². The summed E-state index contributed by atoms with van der Waals surface area (Å²) in [6, 6.07) is 10.6. The first kappa shape index (κ1) is 14.4. The molecule has 0 aliphatic heterocycles. The minimum absolute atomic E-state index is 0. The van der Waals surface area contributed by atoms with E-state index in [2.05, 4.69) is 5.32 Å². The number of furan rings is 1. The van der Waals surface area contributed by atoms with Gasteiger partial charge in [0.25, 0.3) is 0 Å². The summed E-state index contributed by atoms with van der Waals surface area (Å²) in [6.45, 7) is 2.83. The topological polar surface area (TPSA) is 25.2 Å². The molecule has 1 saturated carbocycles. The Morgan fingerprint density at radius 2 is 2.05 bits per heavy atom. The molecule has 1 fully saturated rings. The molecule has 4 heteroatoms. The lowest BCUT2D eigenvalue weighted by Crippen LogP contribution is -2.14. The van der Waals surface area contributed by atoms with Crippen LogP contribution in [0.1, 0.15) is 24.2 Å². The zero-order chi connectivity index (χ0) is 12.5. The Kier molecular flexibility index (Phi) is 4.56. The molecule has 1 N–H and O–H groups in total. The second-order valence-electron chi connectivity index (χ2n) is 4.83. The van der Waals surface area contributed by atoms with Crippen LogP contribution in [0.2, 0.25) is 5.02 Å². The first-order valence-corrected chi connectivity index (χ1v) is 6.69. The quantitative estimate of drug-likeness (QED) is 0.893. The van der Waals surface area contributed by atoms with E-state index < -0.39 is 0 Å². The molecule has 0 bridgehead atoms. The fourth-order valence-electron chi connectivity index (χ4n) is 2.02. The van der Waals surface area contributed by atoms with Gasteiger partial charge in [0.15, 0.2) is 0 Å². The van der Waals surface area contributed by atoms with Crippen LogP contribution in [0.4, 0.5) is 0 Å². The Bertz CT molecular complexity index is 561. The van der Waals surface area contributed by atoms with Gasteiger partial charge in [-0.1, -0.05) is 23.7 Å². The van der Waals surface area contributed by atoms with Gasteiger partial charge in [0.1, 0.15) is 11.5 Å². The third-order valence-corrected chi connectivity index (χ3v) is 3.75. The standard InChI is InChI=1S/C15H16ClNO.ClH/c1-10-13(3-2-4-14(10)16)15-8-7-12(18-15)9-17-11-5-6-11;/h2-4,7-8,11,17H,5-6,9H2,1H3;1H. The molecule has 19 heavy (non-hydrogen) atoms. The Morgan fingerprint density at radius 1 is 1.26 bits per heavy atom. The first-order valence-electron chi connectivity index (χ1n) is 6.31. The van der Waals surface area contributed by atoms with Crippen molar-refractivity contribution < 1.29 is 4.42 Å². The predicted molar refractivity (Wildman–Crippen MR) is 81.0 cm³/mol. The number of nitrogens with one attached hydrogen (secondary N) is 1. The zero-order valence-electron chi connectivity index (χ0n) is 10.8. The summed E-state index contributed by atoms with van der Waals surface area (Å²) in [7, 11) is 0. The summed E-state index contributed by atoms with van der Waals surface area (Å²) < 4.78 is 5.86. The molecular formula is C15H17Cl2NO. The second-order valence-corrected chi connectivity index (χ2v) is 5.24. The van der Waals surface area contributed by atoms with Crippen LogP contribution in [0, 0.1) is 6.92 Å². The van der Waals surface area contributed by atoms with Crippen LogP contribution in [0.3, 0.4) is 0 Å². The number of rotatable bonds is 4. The van der Waals surface area contributed by atoms with Gasteiger partial charge < -0.3 is 9.73 Å². The predicted octanol–water partition coefficient (Wildman–Crippen LogP) is 4.58. The molecule has 1 aromatic carbocycles. The second kappa shape index (κ2) is 6.00. The molecule has 1 heterocycles. The largest absolute Gasteiger partial charge is 0.460 e. The highest BCUT2D eigenvalue weighted by Crippen LogP contribution is 2.30. The van der Waals surface area contributed by atoms with E-state index >= 15 is 0 Å². The monoisotopic (exact) mass is 297 g/mol. The molecule has 1 aromatic heterocycles. The number of hydrogen-bond acceptors (Lipinski definition) is 2. The Balaban J connectivity index is 0.00000133. The van der Waals surface area contributed by atoms with Gasteiger partial charge in [-0.25, -0.2) is 0 Å². The van der Waals surface area contributed by atoms with Crippen molar-refractivity contribution in [3.63, 3.8) is 0 Å². The Labute approximate surface area is 124 Å². The maximum absolute atomic E-state index is 6.13. The van der Waals surface area contributed by atoms with Gasteiger partial charge in [-0.15, -0.1) is 12.4 Å². The molecular weight excluding hydrogens is 281 g/mol. The lowest BCUT2D eigenvalue weighted by Gasteiger charge is -2.04. The summed E-state index contributed by atoms with van der Waals surface area (Å²) in [5.41, 5.74) is 2.13. The van der Waals surface area contributed by atoms with Gasteiger partial charge in [0, 0.05) is 16.6 Å². The van der Waals surface area contributed by atoms with Crippen molar-refractivity contribution in [3.8, 4) is 11.3 Å². The fourth-order valence-corrected chi connectivity index (χ4v) is 2.20. The number of benzene rings is 1. The normalized spacial score (nSPS) is 14.2. The molecule has 3 rings (SSSR count). The lowest BCUT2D eigenvalue weighted by molar-refractivity contribution is 0.492. The summed E-state index contributed by atoms with van der Waals surface area (Å²) in [5.74, 6) is 1.87. The van der Waals surface area contributed by atoms with Gasteiger partial charge in [0.05, 0.1) is 6.54 Å². The van der Waals surface area contributed by atoms with Gasteiger partial charge in [-0.05, 0) is 43.5 Å². The summed E-state index contributed by atoms with van der Waals surface area (Å²) >= 11 is 6.13. The van der Waals surface area contributed by atoms with Crippen LogP contribution < -0.4 is 5.32 Å². The van der Waals surface area contributed by atoms with Crippen LogP contribution in [0.15, 0.2) is 34.7 Å². The fraction of sp³-hybridized carbons (Fsp3) is 0.333. The third-order valence-electron chi connectivity index (χ3n) is 3.34. The van der Waals surface area contributed by atoms with Gasteiger partial charge in [0.2, 0.25) is 0 Å². The average Bonchev–Trinajstić information content (AvgIpc) is 3.08. The van der Waals surface area contributed by atoms with Gasteiger partial charge in [-0.3, -0.25) is 0 Å². The molecule has 0 radical (unpaired) electrons. The molecule has 0 atom stereocenters. The molecule has 2 aromatic rings. The molecule has 0 unspecified atom stereocenters. The van der Waals surface area contributed by atoms with Crippen molar-refractivity contribution in [1.82, 2.24) is 5.32 Å². The number of hydrogen-bond donors (Lipinski definition) is 1. The van der Waals surface area contributed by atoms with Crippen molar-refractivity contribution in [1.29, 1.82) is 0 Å². The maximum atomic E-state index is 6.13.